The van der Waals surface area contributed by atoms with Crippen molar-refractivity contribution < 1.29 is 32.7 Å². The van der Waals surface area contributed by atoms with Crippen LogP contribution in [0, 0.1) is 13.8 Å². The molecule has 0 atom stereocenters. The van der Waals surface area contributed by atoms with Crippen LogP contribution in [0.1, 0.15) is 52.7 Å². The van der Waals surface area contributed by atoms with Crippen LogP contribution < -0.4 is 5.32 Å². The van der Waals surface area contributed by atoms with E-state index in [1.807, 2.05) is 13.8 Å². The van der Waals surface area contributed by atoms with Crippen LogP contribution in [-0.4, -0.2) is 41.0 Å². The van der Waals surface area contributed by atoms with E-state index in [1.54, 1.807) is 19.9 Å². The molecule has 0 saturated heterocycles. The third-order valence-electron chi connectivity index (χ3n) is 4.06. The van der Waals surface area contributed by atoms with Crippen molar-refractivity contribution in [2.45, 2.75) is 34.1 Å². The molecule has 10 nitrogen and oxygen atoms in total. The maximum absolute atomic E-state index is 12.5. The minimum atomic E-state index is -0.781. The summed E-state index contributed by atoms with van der Waals surface area (Å²) in [5.41, 5.74) is 1.01. The number of hydrogen-bond acceptors (Lipinski definition) is 8. The highest BCUT2D eigenvalue weighted by molar-refractivity contribution is 6.07. The number of fused-ring (bicyclic) bond motifs is 1. The van der Waals surface area contributed by atoms with Gasteiger partial charge in [-0.1, -0.05) is 6.92 Å². The first kappa shape index (κ1) is 20.2. The van der Waals surface area contributed by atoms with Crippen molar-refractivity contribution in [2.24, 2.45) is 0 Å². The number of nitrogens with one attached hydrogen (secondary N) is 1. The van der Waals surface area contributed by atoms with E-state index in [9.17, 15) is 14.4 Å². The zero-order valence-electron chi connectivity index (χ0n) is 16.5. The number of esters is 1. The molecule has 0 bridgehead atoms. The molecule has 3 rings (SSSR count). The lowest BCUT2D eigenvalue weighted by Crippen LogP contribution is -2.16. The molecule has 1 N–H and O–H groups in total. The number of rotatable bonds is 6. The minimum Gasteiger partial charge on any atom is -0.460 e. The van der Waals surface area contributed by atoms with Gasteiger partial charge in [0.1, 0.15) is 11.3 Å². The van der Waals surface area contributed by atoms with Gasteiger partial charge in [-0.15, -0.1) is 5.10 Å². The number of furan rings is 2. The van der Waals surface area contributed by atoms with Gasteiger partial charge in [0.05, 0.1) is 13.2 Å². The second-order valence-corrected chi connectivity index (χ2v) is 6.22. The van der Waals surface area contributed by atoms with Crippen LogP contribution in [0.4, 0.5) is 10.6 Å². The molecule has 0 spiro atoms. The molecular weight excluding hydrogens is 382 g/mol. The standard InChI is InChI=1S/C19H21N3O7/c1-5-7-27-18(24)14-9-12-15(29-14)16(21-22(12)19(25)26-6-2)20-17(23)13-8-10(3)11(4)28-13/h8-9H,5-7H2,1-4H3,(H,20,21,23). The largest absolute Gasteiger partial charge is 0.460 e. The van der Waals surface area contributed by atoms with E-state index in [1.165, 1.54) is 6.07 Å². The molecule has 0 aliphatic heterocycles. The Morgan fingerprint density at radius 2 is 1.86 bits per heavy atom. The number of carbonyl (C=O) groups is 3. The number of amides is 1. The summed E-state index contributed by atoms with van der Waals surface area (Å²) in [6.07, 6.45) is -0.136. The summed E-state index contributed by atoms with van der Waals surface area (Å²) in [7, 11) is 0. The SMILES string of the molecule is CCCOC(=O)c1cc2c(o1)c(NC(=O)c1cc(C)c(C)o1)nn2C(=O)OCC. The molecule has 3 aromatic rings. The second-order valence-electron chi connectivity index (χ2n) is 6.22. The fourth-order valence-corrected chi connectivity index (χ4v) is 2.53. The molecule has 1 amide bonds. The summed E-state index contributed by atoms with van der Waals surface area (Å²) in [5.74, 6) is -0.760. The first-order valence-electron chi connectivity index (χ1n) is 9.10. The van der Waals surface area contributed by atoms with E-state index in [2.05, 4.69) is 10.4 Å². The fourth-order valence-electron chi connectivity index (χ4n) is 2.53. The summed E-state index contributed by atoms with van der Waals surface area (Å²) >= 11 is 0. The zero-order chi connectivity index (χ0) is 21.1. The molecule has 10 heteroatoms. The van der Waals surface area contributed by atoms with Crippen LogP contribution in [0.15, 0.2) is 21.0 Å². The van der Waals surface area contributed by atoms with E-state index in [-0.39, 0.29) is 41.7 Å². The van der Waals surface area contributed by atoms with Crippen molar-refractivity contribution in [1.82, 2.24) is 9.78 Å². The molecule has 0 aliphatic carbocycles. The average molecular weight is 403 g/mol. The van der Waals surface area contributed by atoms with Gasteiger partial charge in [-0.05, 0) is 38.8 Å². The first-order chi connectivity index (χ1) is 13.8. The van der Waals surface area contributed by atoms with Crippen LogP contribution in [0.2, 0.25) is 0 Å². The molecule has 3 heterocycles. The predicted octanol–water partition coefficient (Wildman–Crippen LogP) is 3.66. The van der Waals surface area contributed by atoms with E-state index >= 15 is 0 Å². The van der Waals surface area contributed by atoms with Gasteiger partial charge in [0.2, 0.25) is 5.76 Å². The lowest BCUT2D eigenvalue weighted by atomic mass is 10.3. The third kappa shape index (κ3) is 4.00. The third-order valence-corrected chi connectivity index (χ3v) is 4.06. The molecule has 3 aromatic heterocycles. The number of aryl methyl sites for hydroxylation is 2. The highest BCUT2D eigenvalue weighted by Crippen LogP contribution is 2.28. The van der Waals surface area contributed by atoms with Crippen molar-refractivity contribution in [2.75, 3.05) is 18.5 Å². The summed E-state index contributed by atoms with van der Waals surface area (Å²) in [4.78, 5) is 36.8. The monoisotopic (exact) mass is 403 g/mol. The van der Waals surface area contributed by atoms with E-state index in [0.29, 0.717) is 12.2 Å². The van der Waals surface area contributed by atoms with Gasteiger partial charge in [-0.3, -0.25) is 10.1 Å². The van der Waals surface area contributed by atoms with Crippen molar-refractivity contribution >= 4 is 34.9 Å². The van der Waals surface area contributed by atoms with Gasteiger partial charge in [0.25, 0.3) is 5.91 Å². The molecule has 0 radical (unpaired) electrons. The van der Waals surface area contributed by atoms with Crippen molar-refractivity contribution in [3.8, 4) is 0 Å². The molecule has 0 aliphatic rings. The van der Waals surface area contributed by atoms with Gasteiger partial charge >= 0.3 is 12.1 Å². The van der Waals surface area contributed by atoms with Crippen molar-refractivity contribution in [1.29, 1.82) is 0 Å². The van der Waals surface area contributed by atoms with Gasteiger partial charge in [-0.2, -0.15) is 4.68 Å². The molecule has 0 saturated carbocycles. The quantitative estimate of drug-likeness (QED) is 0.618. The number of ether oxygens (including phenoxy) is 2. The van der Waals surface area contributed by atoms with Crippen molar-refractivity contribution in [3.63, 3.8) is 0 Å². The van der Waals surface area contributed by atoms with Gasteiger partial charge < -0.3 is 18.3 Å². The summed E-state index contributed by atoms with van der Waals surface area (Å²) in [6.45, 7) is 7.39. The molecule has 154 valence electrons. The average Bonchev–Trinajstić information content (AvgIpc) is 3.35. The lowest BCUT2D eigenvalue weighted by molar-refractivity contribution is 0.0471. The maximum Gasteiger partial charge on any atom is 0.435 e. The molecule has 0 fully saturated rings. The Morgan fingerprint density at radius 3 is 2.48 bits per heavy atom. The number of aromatic nitrogens is 2. The molecular formula is C19H21N3O7. The zero-order valence-corrected chi connectivity index (χ0v) is 16.5. The van der Waals surface area contributed by atoms with Crippen LogP contribution in [-0.2, 0) is 9.47 Å². The Labute approximate surface area is 165 Å². The highest BCUT2D eigenvalue weighted by Gasteiger charge is 2.26. The Bertz CT molecular complexity index is 1050. The van der Waals surface area contributed by atoms with Crippen LogP contribution in [0.5, 0.6) is 0 Å². The Balaban J connectivity index is 1.98. The number of nitrogens with zero attached hydrogens (tertiary/aromatic N) is 2. The van der Waals surface area contributed by atoms with E-state index in [4.69, 9.17) is 18.3 Å². The lowest BCUT2D eigenvalue weighted by Gasteiger charge is -2.02. The normalized spacial score (nSPS) is 10.9. The topological polar surface area (TPSA) is 126 Å². The summed E-state index contributed by atoms with van der Waals surface area (Å²) in [6, 6.07) is 2.90. The molecule has 0 aromatic carbocycles. The smallest absolute Gasteiger partial charge is 0.435 e. The Morgan fingerprint density at radius 1 is 1.10 bits per heavy atom. The van der Waals surface area contributed by atoms with Crippen LogP contribution in [0.3, 0.4) is 0 Å². The predicted molar refractivity (Wildman–Crippen MR) is 101 cm³/mol. The highest BCUT2D eigenvalue weighted by atomic mass is 16.6. The first-order valence-corrected chi connectivity index (χ1v) is 9.10. The second kappa shape index (κ2) is 8.21. The fraction of sp³-hybridized carbons (Fsp3) is 0.368. The number of carbonyl (C=O) groups excluding carboxylic acids is 3. The van der Waals surface area contributed by atoms with Gasteiger partial charge in [0, 0.05) is 6.07 Å². The Hall–Kier alpha value is -3.56. The molecule has 29 heavy (non-hydrogen) atoms. The van der Waals surface area contributed by atoms with Gasteiger partial charge in [0.15, 0.2) is 17.2 Å². The minimum absolute atomic E-state index is 0.0369. The van der Waals surface area contributed by atoms with Crippen molar-refractivity contribution in [3.05, 3.63) is 35.0 Å². The number of anilines is 1. The van der Waals surface area contributed by atoms with Crippen LogP contribution >= 0.6 is 0 Å². The molecule has 0 unspecified atom stereocenters. The van der Waals surface area contributed by atoms with E-state index in [0.717, 1.165) is 10.2 Å². The summed E-state index contributed by atoms with van der Waals surface area (Å²) < 4.78 is 21.8. The maximum atomic E-state index is 12.5. The van der Waals surface area contributed by atoms with Crippen LogP contribution in [0.25, 0.3) is 11.1 Å². The number of hydrogen-bond donors (Lipinski definition) is 1. The Kier molecular flexibility index (Phi) is 5.71. The van der Waals surface area contributed by atoms with Gasteiger partial charge in [-0.25, -0.2) is 9.59 Å². The summed E-state index contributed by atoms with van der Waals surface area (Å²) in [5, 5.41) is 6.58. The van der Waals surface area contributed by atoms with E-state index < -0.39 is 18.0 Å².